The SMILES string of the molecule is CC(C)C(C)OCCCCC(C)(C)CN. The monoisotopic (exact) mass is 215 g/mol. The van der Waals surface area contributed by atoms with Crippen LogP contribution >= 0.6 is 0 Å². The minimum atomic E-state index is 0.295. The standard InChI is InChI=1S/C13H29NO/c1-11(2)12(3)15-9-7-6-8-13(4,5)10-14/h11-12H,6-10,14H2,1-5H3. The van der Waals surface area contributed by atoms with Gasteiger partial charge in [-0.1, -0.05) is 34.1 Å². The van der Waals surface area contributed by atoms with E-state index in [1.54, 1.807) is 0 Å². The first-order chi connectivity index (χ1) is 6.89. The van der Waals surface area contributed by atoms with Gasteiger partial charge in [-0.2, -0.15) is 0 Å². The first kappa shape index (κ1) is 14.9. The van der Waals surface area contributed by atoms with E-state index in [1.165, 1.54) is 12.8 Å². The van der Waals surface area contributed by atoms with Gasteiger partial charge in [-0.25, -0.2) is 0 Å². The summed E-state index contributed by atoms with van der Waals surface area (Å²) in [5.41, 5.74) is 5.97. The second-order valence-corrected chi connectivity index (χ2v) is 5.65. The van der Waals surface area contributed by atoms with Crippen molar-refractivity contribution in [2.75, 3.05) is 13.2 Å². The lowest BCUT2D eigenvalue weighted by atomic mass is 9.87. The molecule has 0 saturated carbocycles. The molecule has 0 aromatic carbocycles. The molecule has 0 aliphatic rings. The van der Waals surface area contributed by atoms with Crippen LogP contribution in [0.15, 0.2) is 0 Å². The van der Waals surface area contributed by atoms with Gasteiger partial charge >= 0.3 is 0 Å². The quantitative estimate of drug-likeness (QED) is 0.631. The highest BCUT2D eigenvalue weighted by Gasteiger charge is 2.14. The molecule has 0 aliphatic carbocycles. The van der Waals surface area contributed by atoms with Gasteiger partial charge in [0, 0.05) is 6.61 Å². The van der Waals surface area contributed by atoms with Crippen molar-refractivity contribution in [3.8, 4) is 0 Å². The van der Waals surface area contributed by atoms with Gasteiger partial charge in [0.15, 0.2) is 0 Å². The summed E-state index contributed by atoms with van der Waals surface area (Å²) in [4.78, 5) is 0. The van der Waals surface area contributed by atoms with Crippen LogP contribution < -0.4 is 5.73 Å². The van der Waals surface area contributed by atoms with E-state index in [-0.39, 0.29) is 0 Å². The van der Waals surface area contributed by atoms with Gasteiger partial charge < -0.3 is 10.5 Å². The van der Waals surface area contributed by atoms with Crippen molar-refractivity contribution in [2.45, 2.75) is 60.0 Å². The van der Waals surface area contributed by atoms with Gasteiger partial charge in [0.1, 0.15) is 0 Å². The van der Waals surface area contributed by atoms with Crippen LogP contribution in [0.3, 0.4) is 0 Å². The van der Waals surface area contributed by atoms with Crippen LogP contribution in [0.2, 0.25) is 0 Å². The van der Waals surface area contributed by atoms with E-state index in [9.17, 15) is 0 Å². The van der Waals surface area contributed by atoms with Crippen molar-refractivity contribution >= 4 is 0 Å². The largest absolute Gasteiger partial charge is 0.378 e. The van der Waals surface area contributed by atoms with Crippen molar-refractivity contribution in [3.05, 3.63) is 0 Å². The third kappa shape index (κ3) is 7.80. The van der Waals surface area contributed by atoms with Crippen LogP contribution in [0.25, 0.3) is 0 Å². The molecule has 1 unspecified atom stereocenters. The van der Waals surface area contributed by atoms with E-state index in [1.807, 2.05) is 0 Å². The average Bonchev–Trinajstić information content (AvgIpc) is 2.16. The van der Waals surface area contributed by atoms with Crippen molar-refractivity contribution in [3.63, 3.8) is 0 Å². The molecule has 0 aromatic heterocycles. The van der Waals surface area contributed by atoms with Gasteiger partial charge in [-0.3, -0.25) is 0 Å². The number of unbranched alkanes of at least 4 members (excludes halogenated alkanes) is 1. The second-order valence-electron chi connectivity index (χ2n) is 5.65. The molecule has 0 spiro atoms. The van der Waals surface area contributed by atoms with E-state index in [2.05, 4.69) is 34.6 Å². The molecule has 1 atom stereocenters. The van der Waals surface area contributed by atoms with E-state index in [4.69, 9.17) is 10.5 Å². The molecule has 0 amide bonds. The Labute approximate surface area is 95.6 Å². The van der Waals surface area contributed by atoms with E-state index in [0.29, 0.717) is 17.4 Å². The highest BCUT2D eigenvalue weighted by Crippen LogP contribution is 2.21. The minimum Gasteiger partial charge on any atom is -0.378 e. The fourth-order valence-electron chi connectivity index (χ4n) is 1.27. The second kappa shape index (κ2) is 7.24. The van der Waals surface area contributed by atoms with Crippen LogP contribution in [0, 0.1) is 11.3 Å². The Morgan fingerprint density at radius 3 is 2.20 bits per heavy atom. The summed E-state index contributed by atoms with van der Waals surface area (Å²) in [5, 5.41) is 0. The highest BCUT2D eigenvalue weighted by molar-refractivity contribution is 4.68. The number of hydrogen-bond donors (Lipinski definition) is 1. The fraction of sp³-hybridized carbons (Fsp3) is 1.00. The minimum absolute atomic E-state index is 0.295. The number of hydrogen-bond acceptors (Lipinski definition) is 2. The summed E-state index contributed by atoms with van der Waals surface area (Å²) in [6.07, 6.45) is 3.95. The molecule has 15 heavy (non-hydrogen) atoms. The maximum absolute atomic E-state index is 5.72. The zero-order valence-electron chi connectivity index (χ0n) is 11.2. The normalized spacial score (nSPS) is 14.6. The average molecular weight is 215 g/mol. The number of ether oxygens (including phenoxy) is 1. The van der Waals surface area contributed by atoms with Gasteiger partial charge in [0.05, 0.1) is 6.10 Å². The molecule has 2 nitrogen and oxygen atoms in total. The van der Waals surface area contributed by atoms with Crippen LogP contribution in [0.5, 0.6) is 0 Å². The van der Waals surface area contributed by atoms with E-state index >= 15 is 0 Å². The maximum atomic E-state index is 5.72. The predicted molar refractivity (Wildman–Crippen MR) is 66.9 cm³/mol. The van der Waals surface area contributed by atoms with Crippen molar-refractivity contribution in [1.82, 2.24) is 0 Å². The van der Waals surface area contributed by atoms with Crippen molar-refractivity contribution in [1.29, 1.82) is 0 Å². The van der Waals surface area contributed by atoms with E-state index in [0.717, 1.165) is 19.6 Å². The Bertz CT molecular complexity index is 155. The Hall–Kier alpha value is -0.0800. The highest BCUT2D eigenvalue weighted by atomic mass is 16.5. The van der Waals surface area contributed by atoms with Gasteiger partial charge in [-0.05, 0) is 37.6 Å². The Balaban J connectivity index is 3.40. The third-order valence-electron chi connectivity index (χ3n) is 3.12. The summed E-state index contributed by atoms with van der Waals surface area (Å²) in [6, 6.07) is 0. The van der Waals surface area contributed by atoms with Crippen LogP contribution in [0.4, 0.5) is 0 Å². The molecule has 0 aromatic rings. The molecule has 0 fully saturated rings. The summed E-state index contributed by atoms with van der Waals surface area (Å²) in [5.74, 6) is 0.616. The van der Waals surface area contributed by atoms with Crippen molar-refractivity contribution < 1.29 is 4.74 Å². The molecule has 0 saturated heterocycles. The summed E-state index contributed by atoms with van der Waals surface area (Å²) >= 11 is 0. The Morgan fingerprint density at radius 1 is 1.13 bits per heavy atom. The zero-order chi connectivity index (χ0) is 11.9. The van der Waals surface area contributed by atoms with E-state index < -0.39 is 0 Å². The summed E-state index contributed by atoms with van der Waals surface area (Å²) < 4.78 is 5.72. The fourth-order valence-corrected chi connectivity index (χ4v) is 1.27. The molecule has 0 rings (SSSR count). The smallest absolute Gasteiger partial charge is 0.0569 e. The molecule has 0 bridgehead atoms. The van der Waals surface area contributed by atoms with Crippen LogP contribution in [0.1, 0.15) is 53.9 Å². The molecular weight excluding hydrogens is 186 g/mol. The zero-order valence-corrected chi connectivity index (χ0v) is 11.2. The molecule has 0 aliphatic heterocycles. The third-order valence-corrected chi connectivity index (χ3v) is 3.12. The molecular formula is C13H29NO. The van der Waals surface area contributed by atoms with Gasteiger partial charge in [0.2, 0.25) is 0 Å². The molecule has 0 radical (unpaired) electrons. The summed E-state index contributed by atoms with van der Waals surface area (Å²) in [6.45, 7) is 12.7. The molecule has 2 N–H and O–H groups in total. The summed E-state index contributed by atoms with van der Waals surface area (Å²) in [7, 11) is 0. The molecule has 92 valence electrons. The Morgan fingerprint density at radius 2 is 1.73 bits per heavy atom. The Kier molecular flexibility index (Phi) is 7.20. The lowest BCUT2D eigenvalue weighted by Gasteiger charge is -2.22. The maximum Gasteiger partial charge on any atom is 0.0569 e. The number of rotatable bonds is 8. The van der Waals surface area contributed by atoms with Crippen LogP contribution in [-0.4, -0.2) is 19.3 Å². The first-order valence-electron chi connectivity index (χ1n) is 6.21. The topological polar surface area (TPSA) is 35.2 Å². The predicted octanol–water partition coefficient (Wildman–Crippen LogP) is 3.20. The van der Waals surface area contributed by atoms with Gasteiger partial charge in [0.25, 0.3) is 0 Å². The van der Waals surface area contributed by atoms with Crippen LogP contribution in [-0.2, 0) is 4.74 Å². The van der Waals surface area contributed by atoms with Crippen molar-refractivity contribution in [2.24, 2.45) is 17.1 Å². The molecule has 2 heteroatoms. The number of nitrogens with two attached hydrogens (primary N) is 1. The first-order valence-corrected chi connectivity index (χ1v) is 6.21. The lowest BCUT2D eigenvalue weighted by Crippen LogP contribution is -2.23. The van der Waals surface area contributed by atoms with Gasteiger partial charge in [-0.15, -0.1) is 0 Å². The molecule has 0 heterocycles. The lowest BCUT2D eigenvalue weighted by molar-refractivity contribution is 0.0323.